The van der Waals surface area contributed by atoms with Crippen molar-refractivity contribution in [3.63, 3.8) is 0 Å². The Morgan fingerprint density at radius 2 is 2.13 bits per heavy atom. The van der Waals surface area contributed by atoms with E-state index >= 15 is 0 Å². The van der Waals surface area contributed by atoms with E-state index in [2.05, 4.69) is 28.6 Å². The summed E-state index contributed by atoms with van der Waals surface area (Å²) in [5.41, 5.74) is 1.97. The lowest BCUT2D eigenvalue weighted by atomic mass is 9.73. The van der Waals surface area contributed by atoms with Gasteiger partial charge in [-0.3, -0.25) is 9.88 Å². The lowest BCUT2D eigenvalue weighted by molar-refractivity contribution is -0.0444. The van der Waals surface area contributed by atoms with Crippen LogP contribution in [0.4, 0.5) is 0 Å². The first-order valence-corrected chi connectivity index (χ1v) is 8.16. The number of hydrogen-bond donors (Lipinski definition) is 1. The van der Waals surface area contributed by atoms with Crippen molar-refractivity contribution in [2.45, 2.75) is 25.0 Å². The zero-order chi connectivity index (χ0) is 15.1. The van der Waals surface area contributed by atoms with Crippen LogP contribution >= 0.6 is 12.4 Å². The molecule has 4 heterocycles. The second kappa shape index (κ2) is 6.60. The summed E-state index contributed by atoms with van der Waals surface area (Å²) in [5.74, 6) is 1.27. The molecular formula is C19H23ClN2O. The topological polar surface area (TPSA) is 36.4 Å². The van der Waals surface area contributed by atoms with E-state index < -0.39 is 6.10 Å². The zero-order valence-electron chi connectivity index (χ0n) is 13.1. The maximum Gasteiger partial charge on any atom is 0.0952 e. The van der Waals surface area contributed by atoms with E-state index in [-0.39, 0.29) is 18.4 Å². The lowest BCUT2D eigenvalue weighted by Gasteiger charge is -2.50. The molecule has 1 aromatic heterocycles. The molecule has 0 aliphatic carbocycles. The van der Waals surface area contributed by atoms with Gasteiger partial charge in [-0.1, -0.05) is 24.3 Å². The standard InChI is InChI=1S/C19H22N2O.ClH/c1-2-13-12-21-10-8-14(13)11-18(21)19(22)16-7-9-20-17-6-4-3-5-15(16)17;/h2-7,9,13-14,18-19,22H,1,8,10-12H2;1H/t13-,14+,18-,19+;/m1./s1. The van der Waals surface area contributed by atoms with E-state index in [1.54, 1.807) is 0 Å². The fourth-order valence-electron chi connectivity index (χ4n) is 4.29. The van der Waals surface area contributed by atoms with Crippen LogP contribution in [-0.2, 0) is 0 Å². The third-order valence-electron chi connectivity index (χ3n) is 5.52. The Balaban J connectivity index is 0.00000156. The number of aliphatic hydroxyl groups excluding tert-OH is 1. The number of fused-ring (bicyclic) bond motifs is 4. The summed E-state index contributed by atoms with van der Waals surface area (Å²) in [6.07, 6.45) is 5.76. The molecule has 0 spiro atoms. The third-order valence-corrected chi connectivity index (χ3v) is 5.52. The molecule has 3 aliphatic rings. The maximum absolute atomic E-state index is 11.0. The van der Waals surface area contributed by atoms with E-state index in [0.717, 1.165) is 36.0 Å². The van der Waals surface area contributed by atoms with Crippen molar-refractivity contribution in [1.82, 2.24) is 9.88 Å². The first kappa shape index (κ1) is 16.4. The molecule has 4 heteroatoms. The van der Waals surface area contributed by atoms with Gasteiger partial charge in [-0.15, -0.1) is 19.0 Å². The molecule has 3 fully saturated rings. The van der Waals surface area contributed by atoms with Gasteiger partial charge in [0, 0.05) is 24.2 Å². The van der Waals surface area contributed by atoms with Crippen molar-refractivity contribution in [3.8, 4) is 0 Å². The van der Waals surface area contributed by atoms with Gasteiger partial charge in [0.05, 0.1) is 11.6 Å². The molecule has 1 unspecified atom stereocenters. The van der Waals surface area contributed by atoms with Crippen molar-refractivity contribution >= 4 is 23.3 Å². The molecule has 5 atom stereocenters. The molecule has 3 saturated heterocycles. The summed E-state index contributed by atoms with van der Waals surface area (Å²) in [5, 5.41) is 12.1. The molecule has 3 aliphatic heterocycles. The summed E-state index contributed by atoms with van der Waals surface area (Å²) in [4.78, 5) is 6.86. The molecule has 3 nitrogen and oxygen atoms in total. The largest absolute Gasteiger partial charge is 0.387 e. The Hall–Kier alpha value is -1.42. The van der Waals surface area contributed by atoms with Crippen molar-refractivity contribution in [2.75, 3.05) is 13.1 Å². The van der Waals surface area contributed by atoms with Crippen LogP contribution in [-0.4, -0.2) is 34.1 Å². The highest BCUT2D eigenvalue weighted by Crippen LogP contribution is 2.41. The Kier molecular flexibility index (Phi) is 4.72. The Labute approximate surface area is 143 Å². The van der Waals surface area contributed by atoms with Crippen LogP contribution in [0.3, 0.4) is 0 Å². The molecule has 5 rings (SSSR count). The highest BCUT2D eigenvalue weighted by molar-refractivity contribution is 5.85. The summed E-state index contributed by atoms with van der Waals surface area (Å²) in [7, 11) is 0. The van der Waals surface area contributed by atoms with E-state index in [9.17, 15) is 5.11 Å². The summed E-state index contributed by atoms with van der Waals surface area (Å²) >= 11 is 0. The van der Waals surface area contributed by atoms with Gasteiger partial charge in [-0.2, -0.15) is 0 Å². The Morgan fingerprint density at radius 1 is 1.30 bits per heavy atom. The van der Waals surface area contributed by atoms with Crippen molar-refractivity contribution in [2.24, 2.45) is 11.8 Å². The normalized spacial score (nSPS) is 30.7. The number of aliphatic hydroxyl groups is 1. The second-order valence-corrected chi connectivity index (χ2v) is 6.61. The lowest BCUT2D eigenvalue weighted by Crippen LogP contribution is -2.54. The van der Waals surface area contributed by atoms with Gasteiger partial charge in [0.2, 0.25) is 0 Å². The second-order valence-electron chi connectivity index (χ2n) is 6.61. The van der Waals surface area contributed by atoms with Crippen LogP contribution in [0.2, 0.25) is 0 Å². The van der Waals surface area contributed by atoms with Crippen molar-refractivity contribution in [1.29, 1.82) is 0 Å². The summed E-state index contributed by atoms with van der Waals surface area (Å²) < 4.78 is 0. The molecule has 122 valence electrons. The molecule has 23 heavy (non-hydrogen) atoms. The fourth-order valence-corrected chi connectivity index (χ4v) is 4.29. The monoisotopic (exact) mass is 330 g/mol. The number of piperidine rings is 3. The molecule has 2 bridgehead atoms. The molecule has 1 N–H and O–H groups in total. The molecule has 0 amide bonds. The zero-order valence-corrected chi connectivity index (χ0v) is 14.0. The van der Waals surface area contributed by atoms with Crippen molar-refractivity contribution in [3.05, 3.63) is 54.7 Å². The Bertz CT molecular complexity index is 699. The fraction of sp³-hybridized carbons (Fsp3) is 0.421. The van der Waals surface area contributed by atoms with E-state index in [1.807, 2.05) is 30.5 Å². The van der Waals surface area contributed by atoms with E-state index in [1.165, 1.54) is 6.42 Å². The van der Waals surface area contributed by atoms with Gasteiger partial charge in [-0.05, 0) is 48.9 Å². The molecular weight excluding hydrogens is 308 g/mol. The van der Waals surface area contributed by atoms with Crippen LogP contribution in [0.25, 0.3) is 10.9 Å². The number of hydrogen-bond acceptors (Lipinski definition) is 3. The maximum atomic E-state index is 11.0. The first-order chi connectivity index (χ1) is 10.8. The third kappa shape index (κ3) is 2.78. The predicted molar refractivity (Wildman–Crippen MR) is 95.7 cm³/mol. The number of rotatable bonds is 3. The van der Waals surface area contributed by atoms with Gasteiger partial charge >= 0.3 is 0 Å². The summed E-state index contributed by atoms with van der Waals surface area (Å²) in [6.45, 7) is 6.11. The van der Waals surface area contributed by atoms with Crippen LogP contribution < -0.4 is 0 Å². The van der Waals surface area contributed by atoms with Crippen LogP contribution in [0, 0.1) is 11.8 Å². The SMILES string of the molecule is C=C[C@@H]1CN2CC[C@H]1C[C@@H]2[C@@H](O)c1ccnc2ccccc12.Cl. The van der Waals surface area contributed by atoms with Gasteiger partial charge in [-0.25, -0.2) is 0 Å². The van der Waals surface area contributed by atoms with Gasteiger partial charge < -0.3 is 5.11 Å². The van der Waals surface area contributed by atoms with Crippen LogP contribution in [0.5, 0.6) is 0 Å². The highest BCUT2D eigenvalue weighted by atomic mass is 35.5. The van der Waals surface area contributed by atoms with E-state index in [0.29, 0.717) is 11.8 Å². The number of para-hydroxylation sites is 1. The Morgan fingerprint density at radius 3 is 2.87 bits per heavy atom. The van der Waals surface area contributed by atoms with Gasteiger partial charge in [0.25, 0.3) is 0 Å². The minimum absolute atomic E-state index is 0. The molecule has 0 saturated carbocycles. The molecule has 0 radical (unpaired) electrons. The smallest absolute Gasteiger partial charge is 0.0952 e. The van der Waals surface area contributed by atoms with Crippen LogP contribution in [0.15, 0.2) is 49.2 Å². The van der Waals surface area contributed by atoms with Gasteiger partial charge in [0.1, 0.15) is 0 Å². The molecule has 1 aromatic carbocycles. The minimum atomic E-state index is -0.443. The molecule has 2 aromatic rings. The predicted octanol–water partition coefficient (Wildman–Crippen LogP) is 3.59. The minimum Gasteiger partial charge on any atom is -0.387 e. The number of pyridine rings is 1. The highest BCUT2D eigenvalue weighted by Gasteiger charge is 2.42. The van der Waals surface area contributed by atoms with Crippen LogP contribution in [0.1, 0.15) is 24.5 Å². The first-order valence-electron chi connectivity index (χ1n) is 8.16. The average Bonchev–Trinajstić information content (AvgIpc) is 2.60. The van der Waals surface area contributed by atoms with Crippen molar-refractivity contribution < 1.29 is 5.11 Å². The number of aromatic nitrogens is 1. The number of benzene rings is 1. The quantitative estimate of drug-likeness (QED) is 0.874. The summed E-state index contributed by atoms with van der Waals surface area (Å²) in [6, 6.07) is 10.3. The average molecular weight is 331 g/mol. The number of nitrogens with zero attached hydrogens (tertiary/aromatic N) is 2. The van der Waals surface area contributed by atoms with E-state index in [4.69, 9.17) is 0 Å². The number of halogens is 1. The van der Waals surface area contributed by atoms with Gasteiger partial charge in [0.15, 0.2) is 0 Å².